The average Bonchev–Trinajstić information content (AvgIpc) is 2.91. The van der Waals surface area contributed by atoms with Crippen molar-refractivity contribution in [3.05, 3.63) is 83.6 Å². The summed E-state index contributed by atoms with van der Waals surface area (Å²) in [7, 11) is 0. The van der Waals surface area contributed by atoms with Crippen LogP contribution in [-0.4, -0.2) is 41.1 Å². The number of para-hydroxylation sites is 1. The number of rotatable bonds is 6. The Kier molecular flexibility index (Phi) is 6.79. The molecule has 0 aliphatic carbocycles. The summed E-state index contributed by atoms with van der Waals surface area (Å²) in [4.78, 5) is 29.8. The third-order valence-corrected chi connectivity index (χ3v) is 6.67. The Bertz CT molecular complexity index is 1440. The molecule has 1 saturated heterocycles. The normalized spacial score (nSPS) is 17.6. The molecule has 1 aliphatic rings. The van der Waals surface area contributed by atoms with Gasteiger partial charge in [-0.25, -0.2) is 5.48 Å². The van der Waals surface area contributed by atoms with Gasteiger partial charge in [0.15, 0.2) is 0 Å². The molecule has 1 aromatic heterocycles. The van der Waals surface area contributed by atoms with Crippen molar-refractivity contribution in [3.63, 3.8) is 0 Å². The highest BCUT2D eigenvalue weighted by Gasteiger charge is 2.32. The molecular weight excluding hydrogens is 456 g/mol. The zero-order valence-corrected chi connectivity index (χ0v) is 20.0. The standard InChI is InChI=1S/C28H28N4O4/c1-17-13-19(22-6-2-3-8-25(22)30-17)16-36-20-9-10-21-18(14-20)5-4-7-23(21)27(33)31-26-15-29-12-11-24(26)28(34)32-35/h2-10,13-14,24,26,29,35H,11-12,15-16H2,1H3,(H,31,33)(H,32,34). The molecule has 4 N–H and O–H groups in total. The van der Waals surface area contributed by atoms with Crippen LogP contribution in [0.2, 0.25) is 0 Å². The Labute approximate surface area is 208 Å². The number of pyridine rings is 1. The first-order valence-electron chi connectivity index (χ1n) is 12.0. The molecule has 2 amide bonds. The Morgan fingerprint density at radius 2 is 1.94 bits per heavy atom. The van der Waals surface area contributed by atoms with Gasteiger partial charge in [-0.15, -0.1) is 0 Å². The molecule has 0 bridgehead atoms. The van der Waals surface area contributed by atoms with Crippen LogP contribution in [0.5, 0.6) is 5.75 Å². The summed E-state index contributed by atoms with van der Waals surface area (Å²) < 4.78 is 6.13. The second-order valence-electron chi connectivity index (χ2n) is 9.07. The highest BCUT2D eigenvalue weighted by atomic mass is 16.5. The van der Waals surface area contributed by atoms with Crippen LogP contribution in [0.3, 0.4) is 0 Å². The van der Waals surface area contributed by atoms with Crippen LogP contribution >= 0.6 is 0 Å². The fourth-order valence-corrected chi connectivity index (χ4v) is 4.88. The predicted octanol–water partition coefficient (Wildman–Crippen LogP) is 3.49. The summed E-state index contributed by atoms with van der Waals surface area (Å²) in [6.45, 7) is 3.48. The van der Waals surface area contributed by atoms with E-state index in [4.69, 9.17) is 9.94 Å². The van der Waals surface area contributed by atoms with Gasteiger partial charge in [-0.2, -0.15) is 0 Å². The average molecular weight is 485 g/mol. The van der Waals surface area contributed by atoms with E-state index in [9.17, 15) is 9.59 Å². The number of hydrogen-bond acceptors (Lipinski definition) is 6. The van der Waals surface area contributed by atoms with Gasteiger partial charge < -0.3 is 15.4 Å². The number of piperidine rings is 1. The first-order valence-corrected chi connectivity index (χ1v) is 12.0. The zero-order valence-electron chi connectivity index (χ0n) is 20.0. The molecule has 0 radical (unpaired) electrons. The maximum atomic E-state index is 13.2. The van der Waals surface area contributed by atoms with Crippen LogP contribution < -0.4 is 20.9 Å². The van der Waals surface area contributed by atoms with Gasteiger partial charge in [0.05, 0.1) is 17.5 Å². The molecular formula is C28H28N4O4. The van der Waals surface area contributed by atoms with E-state index in [1.54, 1.807) is 11.5 Å². The van der Waals surface area contributed by atoms with Crippen molar-refractivity contribution < 1.29 is 19.5 Å². The number of fused-ring (bicyclic) bond motifs is 2. The van der Waals surface area contributed by atoms with Gasteiger partial charge in [-0.3, -0.25) is 19.8 Å². The van der Waals surface area contributed by atoms with Crippen LogP contribution in [0.15, 0.2) is 66.7 Å². The number of benzene rings is 3. The number of hydroxylamine groups is 1. The van der Waals surface area contributed by atoms with E-state index in [0.717, 1.165) is 32.9 Å². The Balaban J connectivity index is 1.35. The fraction of sp³-hybridized carbons (Fsp3) is 0.250. The minimum Gasteiger partial charge on any atom is -0.489 e. The highest BCUT2D eigenvalue weighted by Crippen LogP contribution is 2.26. The fourth-order valence-electron chi connectivity index (χ4n) is 4.88. The molecule has 2 unspecified atom stereocenters. The summed E-state index contributed by atoms with van der Waals surface area (Å²) in [5, 5.41) is 17.9. The molecule has 8 nitrogen and oxygen atoms in total. The third kappa shape index (κ3) is 4.86. The molecule has 184 valence electrons. The zero-order chi connectivity index (χ0) is 25.1. The summed E-state index contributed by atoms with van der Waals surface area (Å²) in [6, 6.07) is 20.8. The lowest BCUT2D eigenvalue weighted by atomic mass is 9.91. The Hall–Kier alpha value is -4.01. The second kappa shape index (κ2) is 10.3. The van der Waals surface area contributed by atoms with Crippen molar-refractivity contribution in [3.8, 4) is 5.75 Å². The number of nitrogens with zero attached hydrogens (tertiary/aromatic N) is 1. The molecule has 36 heavy (non-hydrogen) atoms. The maximum Gasteiger partial charge on any atom is 0.252 e. The Morgan fingerprint density at radius 3 is 2.81 bits per heavy atom. The largest absolute Gasteiger partial charge is 0.489 e. The van der Waals surface area contributed by atoms with E-state index < -0.39 is 17.9 Å². The highest BCUT2D eigenvalue weighted by molar-refractivity contribution is 6.07. The topological polar surface area (TPSA) is 113 Å². The molecule has 1 fully saturated rings. The van der Waals surface area contributed by atoms with Gasteiger partial charge in [0.25, 0.3) is 5.91 Å². The Morgan fingerprint density at radius 1 is 1.08 bits per heavy atom. The number of ether oxygens (including phenoxy) is 1. The minimum absolute atomic E-state index is 0.266. The summed E-state index contributed by atoms with van der Waals surface area (Å²) in [5.74, 6) is -0.547. The van der Waals surface area contributed by atoms with E-state index in [1.807, 2.05) is 67.6 Å². The van der Waals surface area contributed by atoms with Gasteiger partial charge in [-0.1, -0.05) is 30.3 Å². The monoisotopic (exact) mass is 484 g/mol. The van der Waals surface area contributed by atoms with Crippen molar-refractivity contribution >= 4 is 33.5 Å². The summed E-state index contributed by atoms with van der Waals surface area (Å²) >= 11 is 0. The molecule has 2 heterocycles. The second-order valence-corrected chi connectivity index (χ2v) is 9.07. The van der Waals surface area contributed by atoms with Crippen LogP contribution in [0.25, 0.3) is 21.7 Å². The van der Waals surface area contributed by atoms with E-state index in [1.165, 1.54) is 0 Å². The van der Waals surface area contributed by atoms with E-state index in [-0.39, 0.29) is 5.91 Å². The molecule has 2 atom stereocenters. The number of aromatic nitrogens is 1. The summed E-state index contributed by atoms with van der Waals surface area (Å²) in [5.41, 5.74) is 5.18. The molecule has 8 heteroatoms. The number of amides is 2. The van der Waals surface area contributed by atoms with Crippen molar-refractivity contribution in [2.75, 3.05) is 13.1 Å². The van der Waals surface area contributed by atoms with Crippen molar-refractivity contribution in [1.82, 2.24) is 21.1 Å². The molecule has 0 spiro atoms. The molecule has 1 aliphatic heterocycles. The van der Waals surface area contributed by atoms with Gasteiger partial charge in [-0.05, 0) is 67.1 Å². The molecule has 0 saturated carbocycles. The third-order valence-electron chi connectivity index (χ3n) is 6.67. The number of aryl methyl sites for hydroxylation is 1. The number of nitrogens with one attached hydrogen (secondary N) is 3. The van der Waals surface area contributed by atoms with Crippen LogP contribution in [0.1, 0.15) is 28.0 Å². The molecule has 4 aromatic rings. The van der Waals surface area contributed by atoms with Crippen LogP contribution in [0.4, 0.5) is 0 Å². The molecule has 5 rings (SSSR count). The van der Waals surface area contributed by atoms with Gasteiger partial charge in [0, 0.05) is 28.8 Å². The van der Waals surface area contributed by atoms with Gasteiger partial charge in [0.1, 0.15) is 12.4 Å². The SMILES string of the molecule is Cc1cc(COc2ccc3c(C(=O)NC4CNCCC4C(=O)NO)cccc3c2)c2ccccc2n1. The first-order chi connectivity index (χ1) is 17.5. The molecule has 3 aromatic carbocycles. The number of carbonyl (C=O) groups is 2. The maximum absolute atomic E-state index is 13.2. The number of carbonyl (C=O) groups excluding carboxylic acids is 2. The first kappa shape index (κ1) is 23.7. The minimum atomic E-state index is -0.497. The van der Waals surface area contributed by atoms with Gasteiger partial charge >= 0.3 is 0 Å². The van der Waals surface area contributed by atoms with Gasteiger partial charge in [0.2, 0.25) is 5.91 Å². The smallest absolute Gasteiger partial charge is 0.252 e. The summed E-state index contributed by atoms with van der Waals surface area (Å²) in [6.07, 6.45) is 0.528. The lowest BCUT2D eigenvalue weighted by molar-refractivity contribution is -0.134. The van der Waals surface area contributed by atoms with Crippen LogP contribution in [-0.2, 0) is 11.4 Å². The number of hydrogen-bond donors (Lipinski definition) is 4. The van der Waals surface area contributed by atoms with Crippen molar-refractivity contribution in [1.29, 1.82) is 0 Å². The van der Waals surface area contributed by atoms with E-state index in [0.29, 0.717) is 37.4 Å². The van der Waals surface area contributed by atoms with E-state index >= 15 is 0 Å². The van der Waals surface area contributed by atoms with Crippen LogP contribution in [0, 0.1) is 12.8 Å². The quantitative estimate of drug-likeness (QED) is 0.246. The van der Waals surface area contributed by atoms with Crippen molar-refractivity contribution in [2.45, 2.75) is 26.0 Å². The predicted molar refractivity (Wildman–Crippen MR) is 137 cm³/mol. The lowest BCUT2D eigenvalue weighted by Gasteiger charge is -2.31. The van der Waals surface area contributed by atoms with Crippen molar-refractivity contribution in [2.24, 2.45) is 5.92 Å². The van der Waals surface area contributed by atoms with E-state index in [2.05, 4.69) is 15.6 Å². The lowest BCUT2D eigenvalue weighted by Crippen LogP contribution is -2.55.